The summed E-state index contributed by atoms with van der Waals surface area (Å²) in [5, 5.41) is 9.51. The van der Waals surface area contributed by atoms with E-state index in [2.05, 4.69) is 10.2 Å². The highest BCUT2D eigenvalue weighted by atomic mass is 19.1. The number of hydrogen-bond acceptors (Lipinski definition) is 3. The van der Waals surface area contributed by atoms with Crippen LogP contribution in [0.25, 0.3) is 16.6 Å². The molecule has 0 aliphatic rings. The van der Waals surface area contributed by atoms with Crippen LogP contribution >= 0.6 is 0 Å². The van der Waals surface area contributed by atoms with Crippen molar-refractivity contribution in [2.24, 2.45) is 0 Å². The van der Waals surface area contributed by atoms with Gasteiger partial charge in [0.15, 0.2) is 0 Å². The summed E-state index contributed by atoms with van der Waals surface area (Å²) in [6.45, 7) is 4.10. The highest BCUT2D eigenvalue weighted by Crippen LogP contribution is 2.23. The van der Waals surface area contributed by atoms with E-state index in [9.17, 15) is 13.6 Å². The lowest BCUT2D eigenvalue weighted by Crippen LogP contribution is -2.27. The van der Waals surface area contributed by atoms with Gasteiger partial charge in [-0.2, -0.15) is 10.2 Å². The molecule has 2 aromatic carbocycles. The molecule has 0 saturated heterocycles. The average molecular weight is 380 g/mol. The van der Waals surface area contributed by atoms with Crippen molar-refractivity contribution in [3.8, 4) is 5.69 Å². The lowest BCUT2D eigenvalue weighted by atomic mass is 10.1. The molecule has 28 heavy (non-hydrogen) atoms. The van der Waals surface area contributed by atoms with Crippen molar-refractivity contribution in [3.05, 3.63) is 88.0 Å². The van der Waals surface area contributed by atoms with Crippen molar-refractivity contribution >= 4 is 10.9 Å². The fourth-order valence-electron chi connectivity index (χ4n) is 3.21. The Morgan fingerprint density at radius 2 is 1.79 bits per heavy atom. The van der Waals surface area contributed by atoms with Gasteiger partial charge in [0.2, 0.25) is 0 Å². The third kappa shape index (κ3) is 3.19. The first-order valence-corrected chi connectivity index (χ1v) is 8.93. The van der Waals surface area contributed by atoms with Gasteiger partial charge in [-0.3, -0.25) is 4.79 Å². The summed E-state index contributed by atoms with van der Waals surface area (Å²) in [7, 11) is 0. The number of nitrogens with zero attached hydrogens (tertiary/aromatic N) is 4. The molecule has 0 atom stereocenters. The zero-order valence-electron chi connectivity index (χ0n) is 15.4. The summed E-state index contributed by atoms with van der Waals surface area (Å²) >= 11 is 0. The Hall–Kier alpha value is -3.35. The lowest BCUT2D eigenvalue weighted by Gasteiger charge is -2.12. The molecule has 0 unspecified atom stereocenters. The van der Waals surface area contributed by atoms with Crippen LogP contribution in [0.5, 0.6) is 0 Å². The van der Waals surface area contributed by atoms with Crippen LogP contribution < -0.4 is 5.56 Å². The second-order valence-corrected chi connectivity index (χ2v) is 6.93. The maximum atomic E-state index is 13.5. The predicted molar refractivity (Wildman–Crippen MR) is 103 cm³/mol. The number of halogens is 2. The predicted octanol–water partition coefficient (Wildman–Crippen LogP) is 4.03. The van der Waals surface area contributed by atoms with Gasteiger partial charge in [-0.25, -0.2) is 18.1 Å². The van der Waals surface area contributed by atoms with Crippen molar-refractivity contribution in [2.75, 3.05) is 0 Å². The monoisotopic (exact) mass is 380 g/mol. The Morgan fingerprint density at radius 3 is 2.46 bits per heavy atom. The van der Waals surface area contributed by atoms with E-state index in [1.165, 1.54) is 33.6 Å². The molecule has 2 aromatic heterocycles. The topological polar surface area (TPSA) is 52.7 Å². The molecule has 0 radical (unpaired) electrons. The lowest BCUT2D eigenvalue weighted by molar-refractivity contribution is 0.599. The maximum absolute atomic E-state index is 13.5. The Kier molecular flexibility index (Phi) is 4.50. The molecule has 5 nitrogen and oxygen atoms in total. The molecule has 0 spiro atoms. The van der Waals surface area contributed by atoms with Crippen LogP contribution in [0.3, 0.4) is 0 Å². The van der Waals surface area contributed by atoms with Crippen molar-refractivity contribution < 1.29 is 8.78 Å². The first-order valence-electron chi connectivity index (χ1n) is 8.93. The number of fused-ring (bicyclic) bond motifs is 1. The summed E-state index contributed by atoms with van der Waals surface area (Å²) in [4.78, 5) is 13.2. The van der Waals surface area contributed by atoms with Gasteiger partial charge in [0, 0.05) is 5.39 Å². The Bertz CT molecular complexity index is 1210. The fourth-order valence-corrected chi connectivity index (χ4v) is 3.21. The van der Waals surface area contributed by atoms with E-state index < -0.39 is 0 Å². The van der Waals surface area contributed by atoms with Crippen molar-refractivity contribution in [1.82, 2.24) is 19.6 Å². The number of aromatic nitrogens is 4. The van der Waals surface area contributed by atoms with Crippen LogP contribution in [0.4, 0.5) is 8.78 Å². The summed E-state index contributed by atoms with van der Waals surface area (Å²) in [6.07, 6.45) is 1.61. The van der Waals surface area contributed by atoms with E-state index in [0.717, 1.165) is 5.69 Å². The molecule has 2 heterocycles. The zero-order valence-corrected chi connectivity index (χ0v) is 15.4. The van der Waals surface area contributed by atoms with Crippen LogP contribution in [-0.2, 0) is 6.54 Å². The first-order chi connectivity index (χ1) is 13.4. The van der Waals surface area contributed by atoms with Crippen LogP contribution in [0.15, 0.2) is 59.5 Å². The second-order valence-electron chi connectivity index (χ2n) is 6.93. The molecule has 0 aliphatic carbocycles. The third-order valence-electron chi connectivity index (χ3n) is 4.55. The summed E-state index contributed by atoms with van der Waals surface area (Å²) in [5.74, 6) is -0.687. The van der Waals surface area contributed by atoms with Crippen LogP contribution in [-0.4, -0.2) is 19.6 Å². The minimum atomic E-state index is -0.368. The van der Waals surface area contributed by atoms with Crippen molar-refractivity contribution in [2.45, 2.75) is 26.3 Å². The summed E-state index contributed by atoms with van der Waals surface area (Å²) in [5.41, 5.74) is 1.95. The molecular formula is C21H18F2N4O. The minimum Gasteiger partial charge on any atom is -0.265 e. The molecule has 0 amide bonds. The standard InChI is InChI=1S/C21H18F2N4O/c1-13(2)19-18-11-24-27(17-8-6-15(22)7-9-17)20(18)21(28)26(25-19)12-14-4-3-5-16(23)10-14/h3-11,13H,12H2,1-2H3. The first kappa shape index (κ1) is 18.0. The van der Waals surface area contributed by atoms with E-state index in [1.54, 1.807) is 30.5 Å². The van der Waals surface area contributed by atoms with Gasteiger partial charge in [0.1, 0.15) is 17.2 Å². The van der Waals surface area contributed by atoms with Gasteiger partial charge >= 0.3 is 0 Å². The minimum absolute atomic E-state index is 0.0488. The van der Waals surface area contributed by atoms with Gasteiger partial charge in [-0.15, -0.1) is 0 Å². The normalized spacial score (nSPS) is 11.5. The molecule has 0 aliphatic heterocycles. The fraction of sp³-hybridized carbons (Fsp3) is 0.190. The average Bonchev–Trinajstić information content (AvgIpc) is 3.10. The van der Waals surface area contributed by atoms with Gasteiger partial charge < -0.3 is 0 Å². The van der Waals surface area contributed by atoms with E-state index in [-0.39, 0.29) is 29.7 Å². The van der Waals surface area contributed by atoms with Crippen molar-refractivity contribution in [3.63, 3.8) is 0 Å². The van der Waals surface area contributed by atoms with E-state index >= 15 is 0 Å². The largest absolute Gasteiger partial charge is 0.293 e. The SMILES string of the molecule is CC(C)c1nn(Cc2cccc(F)c2)c(=O)c2c1cnn2-c1ccc(F)cc1. The van der Waals surface area contributed by atoms with Crippen LogP contribution in [0, 0.1) is 11.6 Å². The van der Waals surface area contributed by atoms with Gasteiger partial charge in [-0.1, -0.05) is 26.0 Å². The quantitative estimate of drug-likeness (QED) is 0.537. The molecule has 0 bridgehead atoms. The van der Waals surface area contributed by atoms with Gasteiger partial charge in [-0.05, 0) is 47.9 Å². The molecule has 7 heteroatoms. The highest BCUT2D eigenvalue weighted by molar-refractivity contribution is 5.82. The number of rotatable bonds is 4. The maximum Gasteiger partial charge on any atom is 0.293 e. The van der Waals surface area contributed by atoms with Crippen LogP contribution in [0.2, 0.25) is 0 Å². The Labute approximate surface area is 159 Å². The Morgan fingerprint density at radius 1 is 1.04 bits per heavy atom. The Balaban J connectivity index is 1.93. The number of hydrogen-bond donors (Lipinski definition) is 0. The molecule has 142 valence electrons. The smallest absolute Gasteiger partial charge is 0.265 e. The number of benzene rings is 2. The van der Waals surface area contributed by atoms with E-state index in [4.69, 9.17) is 0 Å². The zero-order chi connectivity index (χ0) is 19.8. The summed E-state index contributed by atoms with van der Waals surface area (Å²) in [6, 6.07) is 11.8. The molecule has 4 rings (SSSR count). The highest BCUT2D eigenvalue weighted by Gasteiger charge is 2.19. The second kappa shape index (κ2) is 6.99. The van der Waals surface area contributed by atoms with E-state index in [0.29, 0.717) is 22.2 Å². The van der Waals surface area contributed by atoms with Crippen LogP contribution in [0.1, 0.15) is 31.0 Å². The molecule has 4 aromatic rings. The molecule has 0 saturated carbocycles. The molecule has 0 N–H and O–H groups in total. The third-order valence-corrected chi connectivity index (χ3v) is 4.55. The molecular weight excluding hydrogens is 362 g/mol. The van der Waals surface area contributed by atoms with E-state index in [1.807, 2.05) is 13.8 Å². The van der Waals surface area contributed by atoms with Gasteiger partial charge in [0.05, 0.1) is 24.1 Å². The summed E-state index contributed by atoms with van der Waals surface area (Å²) < 4.78 is 29.7. The van der Waals surface area contributed by atoms with Crippen molar-refractivity contribution in [1.29, 1.82) is 0 Å². The molecule has 0 fully saturated rings. The van der Waals surface area contributed by atoms with Gasteiger partial charge in [0.25, 0.3) is 5.56 Å².